The highest BCUT2D eigenvalue weighted by atomic mass is 15.3. The van der Waals surface area contributed by atoms with Crippen LogP contribution in [0.4, 0.5) is 0 Å². The first-order chi connectivity index (χ1) is 8.65. The SMILES string of the molecule is CCNC1CCC(Cc2cc(CC)nn2C)C1C. The summed E-state index contributed by atoms with van der Waals surface area (Å²) in [5.74, 6) is 1.60. The summed E-state index contributed by atoms with van der Waals surface area (Å²) in [5.41, 5.74) is 2.63. The van der Waals surface area contributed by atoms with Crippen molar-refractivity contribution in [3.63, 3.8) is 0 Å². The molecular formula is C15H27N3. The van der Waals surface area contributed by atoms with Crippen LogP contribution in [0.2, 0.25) is 0 Å². The lowest BCUT2D eigenvalue weighted by molar-refractivity contribution is 0.350. The van der Waals surface area contributed by atoms with E-state index in [2.05, 4.69) is 49.0 Å². The number of hydrogen-bond acceptors (Lipinski definition) is 2. The van der Waals surface area contributed by atoms with Gasteiger partial charge in [-0.1, -0.05) is 20.8 Å². The summed E-state index contributed by atoms with van der Waals surface area (Å²) in [6, 6.07) is 3.01. The van der Waals surface area contributed by atoms with Gasteiger partial charge in [-0.3, -0.25) is 4.68 Å². The third-order valence-corrected chi connectivity index (χ3v) is 4.55. The largest absolute Gasteiger partial charge is 0.314 e. The molecule has 0 spiro atoms. The van der Waals surface area contributed by atoms with E-state index in [-0.39, 0.29) is 0 Å². The lowest BCUT2D eigenvalue weighted by Crippen LogP contribution is -2.32. The maximum atomic E-state index is 4.55. The maximum Gasteiger partial charge on any atom is 0.0624 e. The van der Waals surface area contributed by atoms with Crippen molar-refractivity contribution in [3.05, 3.63) is 17.5 Å². The topological polar surface area (TPSA) is 29.9 Å². The average molecular weight is 249 g/mol. The molecule has 3 atom stereocenters. The zero-order chi connectivity index (χ0) is 13.1. The molecule has 1 fully saturated rings. The van der Waals surface area contributed by atoms with Crippen LogP contribution in [0, 0.1) is 11.8 Å². The van der Waals surface area contributed by atoms with Gasteiger partial charge in [-0.05, 0) is 50.1 Å². The molecule has 1 saturated carbocycles. The Balaban J connectivity index is 1.99. The molecule has 3 unspecified atom stereocenters. The van der Waals surface area contributed by atoms with Gasteiger partial charge in [0.05, 0.1) is 5.69 Å². The fourth-order valence-corrected chi connectivity index (χ4v) is 3.29. The number of nitrogens with zero attached hydrogens (tertiary/aromatic N) is 2. The Morgan fingerprint density at radius 2 is 2.17 bits per heavy atom. The first kappa shape index (κ1) is 13.6. The first-order valence-corrected chi connectivity index (χ1v) is 7.40. The van der Waals surface area contributed by atoms with E-state index in [1.54, 1.807) is 0 Å². The van der Waals surface area contributed by atoms with Crippen molar-refractivity contribution in [2.45, 2.75) is 52.5 Å². The molecular weight excluding hydrogens is 222 g/mol. The molecule has 1 heterocycles. The van der Waals surface area contributed by atoms with E-state index in [1.807, 2.05) is 0 Å². The zero-order valence-electron chi connectivity index (χ0n) is 12.2. The van der Waals surface area contributed by atoms with Crippen molar-refractivity contribution in [2.24, 2.45) is 18.9 Å². The second kappa shape index (κ2) is 5.87. The lowest BCUT2D eigenvalue weighted by atomic mass is 9.91. The zero-order valence-corrected chi connectivity index (χ0v) is 12.2. The summed E-state index contributed by atoms with van der Waals surface area (Å²) in [6.07, 6.45) is 4.91. The molecule has 102 valence electrons. The molecule has 1 aromatic heterocycles. The molecule has 0 amide bonds. The Bertz CT molecular complexity index is 383. The minimum atomic E-state index is 0.721. The van der Waals surface area contributed by atoms with Gasteiger partial charge in [-0.2, -0.15) is 5.10 Å². The van der Waals surface area contributed by atoms with E-state index in [9.17, 15) is 0 Å². The van der Waals surface area contributed by atoms with Crippen LogP contribution in [0.5, 0.6) is 0 Å². The quantitative estimate of drug-likeness (QED) is 0.869. The van der Waals surface area contributed by atoms with Crippen molar-refractivity contribution in [3.8, 4) is 0 Å². The maximum absolute atomic E-state index is 4.55. The van der Waals surface area contributed by atoms with Gasteiger partial charge in [0.1, 0.15) is 0 Å². The van der Waals surface area contributed by atoms with E-state index in [0.29, 0.717) is 0 Å². The molecule has 0 aromatic carbocycles. The van der Waals surface area contributed by atoms with Crippen LogP contribution in [0.1, 0.15) is 45.0 Å². The normalized spacial score (nSPS) is 27.9. The van der Waals surface area contributed by atoms with Crippen LogP contribution < -0.4 is 5.32 Å². The van der Waals surface area contributed by atoms with Gasteiger partial charge in [0.15, 0.2) is 0 Å². The number of rotatable bonds is 5. The van der Waals surface area contributed by atoms with E-state index in [0.717, 1.165) is 30.8 Å². The standard InChI is InChI=1S/C15H27N3/c1-5-13-10-14(18(4)17-13)9-12-7-8-15(11(12)3)16-6-2/h10-12,15-16H,5-9H2,1-4H3. The number of nitrogens with one attached hydrogen (secondary N) is 1. The highest BCUT2D eigenvalue weighted by Gasteiger charge is 2.32. The van der Waals surface area contributed by atoms with Gasteiger partial charge in [0, 0.05) is 18.8 Å². The van der Waals surface area contributed by atoms with Crippen LogP contribution in [0.3, 0.4) is 0 Å². The Labute approximate surface area is 111 Å². The van der Waals surface area contributed by atoms with Gasteiger partial charge in [-0.15, -0.1) is 0 Å². The van der Waals surface area contributed by atoms with E-state index >= 15 is 0 Å². The fourth-order valence-electron chi connectivity index (χ4n) is 3.29. The summed E-state index contributed by atoms with van der Waals surface area (Å²) in [4.78, 5) is 0. The van der Waals surface area contributed by atoms with Gasteiger partial charge in [-0.25, -0.2) is 0 Å². The van der Waals surface area contributed by atoms with Gasteiger partial charge < -0.3 is 5.32 Å². The second-order valence-corrected chi connectivity index (χ2v) is 5.67. The summed E-state index contributed by atoms with van der Waals surface area (Å²) >= 11 is 0. The van der Waals surface area contributed by atoms with Gasteiger partial charge in [0.2, 0.25) is 0 Å². The smallest absolute Gasteiger partial charge is 0.0624 e. The van der Waals surface area contributed by atoms with Crippen molar-refractivity contribution in [1.29, 1.82) is 0 Å². The van der Waals surface area contributed by atoms with Crippen molar-refractivity contribution >= 4 is 0 Å². The minimum absolute atomic E-state index is 0.721. The van der Waals surface area contributed by atoms with E-state index in [1.165, 1.54) is 30.7 Å². The van der Waals surface area contributed by atoms with Gasteiger partial charge in [0.25, 0.3) is 0 Å². The van der Waals surface area contributed by atoms with E-state index < -0.39 is 0 Å². The number of hydrogen-bond donors (Lipinski definition) is 1. The van der Waals surface area contributed by atoms with Crippen LogP contribution >= 0.6 is 0 Å². The van der Waals surface area contributed by atoms with E-state index in [4.69, 9.17) is 0 Å². The third kappa shape index (κ3) is 2.77. The Hall–Kier alpha value is -0.830. The molecule has 0 radical (unpaired) electrons. The van der Waals surface area contributed by atoms with Crippen molar-refractivity contribution in [2.75, 3.05) is 6.54 Å². The lowest BCUT2D eigenvalue weighted by Gasteiger charge is -2.21. The highest BCUT2D eigenvalue weighted by Crippen LogP contribution is 2.34. The molecule has 3 nitrogen and oxygen atoms in total. The molecule has 1 N–H and O–H groups in total. The molecule has 0 saturated heterocycles. The predicted octanol–water partition coefficient (Wildman–Crippen LogP) is 2.55. The highest BCUT2D eigenvalue weighted by molar-refractivity contribution is 5.11. The monoisotopic (exact) mass is 249 g/mol. The first-order valence-electron chi connectivity index (χ1n) is 7.40. The van der Waals surface area contributed by atoms with Crippen molar-refractivity contribution < 1.29 is 0 Å². The molecule has 1 aliphatic carbocycles. The summed E-state index contributed by atoms with van der Waals surface area (Å²) in [7, 11) is 2.08. The third-order valence-electron chi connectivity index (χ3n) is 4.55. The van der Waals surface area contributed by atoms with Crippen LogP contribution in [0.25, 0.3) is 0 Å². The number of aromatic nitrogens is 2. The molecule has 1 aliphatic rings. The van der Waals surface area contributed by atoms with Crippen LogP contribution in [0.15, 0.2) is 6.07 Å². The van der Waals surface area contributed by atoms with Crippen LogP contribution in [-0.2, 0) is 19.9 Å². The van der Waals surface area contributed by atoms with Crippen LogP contribution in [-0.4, -0.2) is 22.4 Å². The summed E-state index contributed by atoms with van der Waals surface area (Å²) in [5, 5.41) is 8.17. The molecule has 2 rings (SSSR count). The Kier molecular flexibility index (Phi) is 4.44. The Morgan fingerprint density at radius 3 is 2.78 bits per heavy atom. The fraction of sp³-hybridized carbons (Fsp3) is 0.800. The molecule has 0 aliphatic heterocycles. The minimum Gasteiger partial charge on any atom is -0.314 e. The van der Waals surface area contributed by atoms with Gasteiger partial charge >= 0.3 is 0 Å². The van der Waals surface area contributed by atoms with Crippen molar-refractivity contribution in [1.82, 2.24) is 15.1 Å². The molecule has 18 heavy (non-hydrogen) atoms. The molecule has 0 bridgehead atoms. The molecule has 3 heteroatoms. The number of aryl methyl sites for hydroxylation is 2. The summed E-state index contributed by atoms with van der Waals surface area (Å²) in [6.45, 7) is 7.87. The molecule has 1 aromatic rings. The average Bonchev–Trinajstić information content (AvgIpc) is 2.88. The Morgan fingerprint density at radius 1 is 1.39 bits per heavy atom. The summed E-state index contributed by atoms with van der Waals surface area (Å²) < 4.78 is 2.08. The second-order valence-electron chi connectivity index (χ2n) is 5.67. The predicted molar refractivity (Wildman–Crippen MR) is 75.6 cm³/mol.